The van der Waals surface area contributed by atoms with Crippen LogP contribution in [0.15, 0.2) is 89.7 Å². The molecule has 4 heterocycles. The van der Waals surface area contributed by atoms with Gasteiger partial charge in [-0.3, -0.25) is 0 Å². The Bertz CT molecular complexity index is 1910. The molecule has 4 aromatic heterocycles. The molecule has 0 atom stereocenters. The van der Waals surface area contributed by atoms with E-state index in [1.54, 1.807) is 0 Å². The van der Waals surface area contributed by atoms with Crippen LogP contribution in [0.5, 0.6) is 0 Å². The molecule has 4 nitrogen and oxygen atoms in total. The molecule has 245 valence electrons. The van der Waals surface area contributed by atoms with Gasteiger partial charge in [-0.2, -0.15) is 0 Å². The Morgan fingerprint density at radius 3 is 2.40 bits per heavy atom. The van der Waals surface area contributed by atoms with Gasteiger partial charge in [-0.1, -0.05) is 113 Å². The minimum Gasteiger partial charge on any atom is -0.500 e. The van der Waals surface area contributed by atoms with E-state index in [1.807, 2.05) is 48.8 Å². The number of benzene rings is 2. The van der Waals surface area contributed by atoms with Crippen molar-refractivity contribution in [2.24, 2.45) is 11.8 Å². The zero-order valence-electron chi connectivity index (χ0n) is 28.3. The van der Waals surface area contributed by atoms with E-state index in [4.69, 9.17) is 4.42 Å². The van der Waals surface area contributed by atoms with E-state index < -0.39 is 8.07 Å². The number of pyridine rings is 3. The molecule has 1 aliphatic carbocycles. The molecule has 0 N–H and O–H groups in total. The monoisotopic (exact) mass is 816 g/mol. The molecule has 47 heavy (non-hydrogen) atoms. The first kappa shape index (κ1) is 34.9. The average molecular weight is 816 g/mol. The van der Waals surface area contributed by atoms with Gasteiger partial charge in [0.25, 0.3) is 0 Å². The fourth-order valence-electron chi connectivity index (χ4n) is 6.71. The van der Waals surface area contributed by atoms with Gasteiger partial charge in [0, 0.05) is 37.9 Å². The molecule has 1 saturated carbocycles. The smallest absolute Gasteiger partial charge is 0.121 e. The summed E-state index contributed by atoms with van der Waals surface area (Å²) < 4.78 is 6.12. The van der Waals surface area contributed by atoms with Crippen LogP contribution in [0.1, 0.15) is 57.1 Å². The van der Waals surface area contributed by atoms with Crippen LogP contribution >= 0.6 is 0 Å². The van der Waals surface area contributed by atoms with Gasteiger partial charge in [-0.15, -0.1) is 35.9 Å². The van der Waals surface area contributed by atoms with Crippen molar-refractivity contribution in [2.75, 3.05) is 0 Å². The van der Waals surface area contributed by atoms with Gasteiger partial charge in [-0.25, -0.2) is 0 Å². The first-order valence-corrected chi connectivity index (χ1v) is 20.4. The predicted octanol–water partition coefficient (Wildman–Crippen LogP) is 10.3. The van der Waals surface area contributed by atoms with Crippen LogP contribution in [0.2, 0.25) is 19.6 Å². The van der Waals surface area contributed by atoms with Crippen LogP contribution < -0.4 is 5.19 Å². The molecule has 0 saturated heterocycles. The molecule has 1 fully saturated rings. The second-order valence-electron chi connectivity index (χ2n) is 14.2. The summed E-state index contributed by atoms with van der Waals surface area (Å²) in [6.07, 6.45) is 18.1. The number of hydrogen-bond donors (Lipinski definition) is 0. The first-order valence-electron chi connectivity index (χ1n) is 16.9. The third-order valence-electron chi connectivity index (χ3n) is 8.97. The summed E-state index contributed by atoms with van der Waals surface area (Å²) in [7, 11) is -1.34. The Balaban J connectivity index is 0.000000188. The molecule has 0 aliphatic heterocycles. The Kier molecular flexibility index (Phi) is 11.6. The van der Waals surface area contributed by atoms with Crippen LogP contribution in [0.25, 0.3) is 44.5 Å². The van der Waals surface area contributed by atoms with E-state index >= 15 is 0 Å². The summed E-state index contributed by atoms with van der Waals surface area (Å²) in [5.74, 6) is 1.48. The number of hydrogen-bond acceptors (Lipinski definition) is 4. The Labute approximate surface area is 294 Å². The molecule has 0 spiro atoms. The predicted molar refractivity (Wildman–Crippen MR) is 194 cm³/mol. The molecule has 0 amide bonds. The van der Waals surface area contributed by atoms with Crippen LogP contribution in [-0.2, 0) is 32.9 Å². The Hall–Kier alpha value is -3.44. The van der Waals surface area contributed by atoms with Crippen molar-refractivity contribution >= 4 is 35.2 Å². The molecular formula is C41H45IrN3OSi-2. The fourth-order valence-corrected chi connectivity index (χ4v) is 8.30. The second-order valence-corrected chi connectivity index (χ2v) is 19.2. The van der Waals surface area contributed by atoms with Crippen molar-refractivity contribution in [3.63, 3.8) is 0 Å². The summed E-state index contributed by atoms with van der Waals surface area (Å²) in [6.45, 7) is 11.7. The summed E-state index contributed by atoms with van der Waals surface area (Å²) in [4.78, 5) is 13.6. The van der Waals surface area contributed by atoms with Crippen LogP contribution in [0.3, 0.4) is 0 Å². The fraction of sp³-hybridized carbons (Fsp3) is 0.341. The van der Waals surface area contributed by atoms with Gasteiger partial charge in [0.1, 0.15) is 5.58 Å². The molecule has 1 radical (unpaired) electrons. The van der Waals surface area contributed by atoms with Gasteiger partial charge in [-0.05, 0) is 71.2 Å². The van der Waals surface area contributed by atoms with E-state index in [9.17, 15) is 0 Å². The molecule has 7 rings (SSSR count). The van der Waals surface area contributed by atoms with Crippen molar-refractivity contribution in [1.29, 1.82) is 0 Å². The van der Waals surface area contributed by atoms with Crippen molar-refractivity contribution in [3.05, 3.63) is 109 Å². The van der Waals surface area contributed by atoms with Gasteiger partial charge < -0.3 is 19.4 Å². The number of para-hydroxylation sites is 1. The minimum absolute atomic E-state index is 0. The number of fused-ring (bicyclic) bond motifs is 3. The van der Waals surface area contributed by atoms with Crippen LogP contribution in [-0.4, -0.2) is 23.0 Å². The van der Waals surface area contributed by atoms with E-state index in [-0.39, 0.29) is 20.1 Å². The van der Waals surface area contributed by atoms with E-state index in [2.05, 4.69) is 97.2 Å². The SMILES string of the molecule is CC(C)Cc1cc(-c2[c-]cccc2)ncc1[Si](C)(C)C.[Ir].[c-]1ncc2c(oc3ccccc32)c1-c1cc(CC2CCCCC2)ccn1. The third kappa shape index (κ3) is 8.54. The minimum atomic E-state index is -1.34. The molecule has 0 bridgehead atoms. The molecular weight excluding hydrogens is 771 g/mol. The maximum absolute atomic E-state index is 6.12. The number of nitrogens with zero attached hydrogens (tertiary/aromatic N) is 3. The number of rotatable bonds is 7. The normalized spacial score (nSPS) is 13.7. The van der Waals surface area contributed by atoms with Crippen molar-refractivity contribution in [1.82, 2.24) is 15.0 Å². The average Bonchev–Trinajstić information content (AvgIpc) is 3.44. The van der Waals surface area contributed by atoms with Gasteiger partial charge >= 0.3 is 0 Å². The summed E-state index contributed by atoms with van der Waals surface area (Å²) in [5.41, 5.74) is 8.40. The summed E-state index contributed by atoms with van der Waals surface area (Å²) in [6, 6.07) is 26.0. The zero-order valence-corrected chi connectivity index (χ0v) is 31.7. The van der Waals surface area contributed by atoms with Crippen molar-refractivity contribution < 1.29 is 24.5 Å². The molecule has 0 unspecified atom stereocenters. The standard InChI is InChI=1S/C23H21N2O.C18H24NSi.Ir/c1-2-6-16(7-3-1)12-17-10-11-25-21(13-17)20-15-24-14-19-18-8-4-5-9-22(18)26-23(19)20;1-14(2)11-16-12-17(15-9-7-6-8-10-15)19-13-18(16)20(3,4)5;/h4-5,8-11,13-14,16H,1-3,6-7,12H2;6-9,12-14H,11H2,1-5H3;/q2*-1;. The van der Waals surface area contributed by atoms with E-state index in [0.717, 1.165) is 63.2 Å². The zero-order chi connectivity index (χ0) is 32.1. The van der Waals surface area contributed by atoms with Crippen molar-refractivity contribution in [2.45, 2.75) is 78.4 Å². The number of furan rings is 1. The maximum atomic E-state index is 6.12. The first-order chi connectivity index (χ1) is 22.3. The van der Waals surface area contributed by atoms with Crippen LogP contribution in [0.4, 0.5) is 0 Å². The van der Waals surface area contributed by atoms with Crippen molar-refractivity contribution in [3.8, 4) is 22.5 Å². The summed E-state index contributed by atoms with van der Waals surface area (Å²) in [5, 5.41) is 3.60. The Morgan fingerprint density at radius 1 is 0.872 bits per heavy atom. The van der Waals surface area contributed by atoms with E-state index in [1.165, 1.54) is 48.4 Å². The molecule has 1 aliphatic rings. The largest absolute Gasteiger partial charge is 0.500 e. The van der Waals surface area contributed by atoms with Gasteiger partial charge in [0.15, 0.2) is 0 Å². The third-order valence-corrected chi connectivity index (χ3v) is 11.0. The summed E-state index contributed by atoms with van der Waals surface area (Å²) >= 11 is 0. The molecule has 2 aromatic carbocycles. The van der Waals surface area contributed by atoms with Gasteiger partial charge in [0.05, 0.1) is 13.7 Å². The Morgan fingerprint density at radius 2 is 1.66 bits per heavy atom. The quantitative estimate of drug-likeness (QED) is 0.119. The molecule has 6 aromatic rings. The second kappa shape index (κ2) is 15.6. The molecule has 6 heteroatoms. The maximum Gasteiger partial charge on any atom is 0.121 e. The topological polar surface area (TPSA) is 51.8 Å². The van der Waals surface area contributed by atoms with E-state index in [0.29, 0.717) is 5.92 Å². The van der Waals surface area contributed by atoms with Gasteiger partial charge in [0.2, 0.25) is 0 Å². The van der Waals surface area contributed by atoms with Crippen LogP contribution in [0, 0.1) is 24.1 Å². The number of aromatic nitrogens is 3.